The molecule has 0 fully saturated rings. The first-order valence-electron chi connectivity index (χ1n) is 4.57. The monoisotopic (exact) mass is 204 g/mol. The van der Waals surface area contributed by atoms with Crippen LogP contribution in [-0.2, 0) is 9.47 Å². The lowest BCUT2D eigenvalue weighted by atomic mass is 10.2. The van der Waals surface area contributed by atoms with Gasteiger partial charge in [-0.15, -0.1) is 0 Å². The van der Waals surface area contributed by atoms with Crippen molar-refractivity contribution in [2.75, 3.05) is 26.9 Å². The molecule has 0 radical (unpaired) electrons. The zero-order chi connectivity index (χ0) is 11.2. The highest BCUT2D eigenvalue weighted by atomic mass is 16.6. The molecule has 0 atom stereocenters. The average molecular weight is 204 g/mol. The van der Waals surface area contributed by atoms with Crippen molar-refractivity contribution in [1.82, 2.24) is 4.90 Å². The fraction of sp³-hybridized carbons (Fsp3) is 0.889. The predicted octanol–water partition coefficient (Wildman–Crippen LogP) is 0.786. The van der Waals surface area contributed by atoms with Crippen LogP contribution in [0.1, 0.15) is 20.8 Å². The molecule has 0 aromatic rings. The summed E-state index contributed by atoms with van der Waals surface area (Å²) in [7, 11) is 1.57. The van der Waals surface area contributed by atoms with E-state index in [-0.39, 0.29) is 6.67 Å². The molecular weight excluding hydrogens is 184 g/mol. The summed E-state index contributed by atoms with van der Waals surface area (Å²) in [5.74, 6) is 0. The fourth-order valence-corrected chi connectivity index (χ4v) is 0.785. The van der Waals surface area contributed by atoms with E-state index in [9.17, 15) is 4.79 Å². The number of rotatable bonds is 4. The second-order valence-corrected chi connectivity index (χ2v) is 3.92. The van der Waals surface area contributed by atoms with E-state index < -0.39 is 11.7 Å². The molecule has 0 unspecified atom stereocenters. The minimum Gasteiger partial charge on any atom is -0.444 e. The van der Waals surface area contributed by atoms with E-state index in [0.29, 0.717) is 13.2 Å². The van der Waals surface area contributed by atoms with Crippen LogP contribution in [0, 0.1) is 0 Å². The molecule has 5 heteroatoms. The molecule has 0 aliphatic heterocycles. The van der Waals surface area contributed by atoms with Crippen LogP contribution in [-0.4, -0.2) is 43.5 Å². The second-order valence-electron chi connectivity index (χ2n) is 3.92. The van der Waals surface area contributed by atoms with Gasteiger partial charge in [0.05, 0.1) is 13.3 Å². The van der Waals surface area contributed by atoms with Crippen molar-refractivity contribution in [3.8, 4) is 0 Å². The maximum absolute atomic E-state index is 11.5. The molecule has 0 spiro atoms. The number of carbonyl (C=O) groups is 1. The number of amides is 1. The third-order valence-electron chi connectivity index (χ3n) is 1.44. The summed E-state index contributed by atoms with van der Waals surface area (Å²) < 4.78 is 9.99. The molecule has 0 aromatic carbocycles. The van der Waals surface area contributed by atoms with E-state index in [0.717, 1.165) is 0 Å². The van der Waals surface area contributed by atoms with Gasteiger partial charge in [-0.2, -0.15) is 0 Å². The van der Waals surface area contributed by atoms with Crippen LogP contribution in [0.25, 0.3) is 0 Å². The topological polar surface area (TPSA) is 64.8 Å². The van der Waals surface area contributed by atoms with Crippen molar-refractivity contribution in [2.45, 2.75) is 26.4 Å². The highest BCUT2D eigenvalue weighted by Gasteiger charge is 2.20. The van der Waals surface area contributed by atoms with Gasteiger partial charge in [0.1, 0.15) is 5.60 Å². The molecule has 2 N–H and O–H groups in total. The van der Waals surface area contributed by atoms with Gasteiger partial charge in [-0.05, 0) is 20.8 Å². The molecule has 0 bridgehead atoms. The van der Waals surface area contributed by atoms with Gasteiger partial charge in [-0.1, -0.05) is 0 Å². The Morgan fingerprint density at radius 1 is 1.43 bits per heavy atom. The van der Waals surface area contributed by atoms with E-state index in [4.69, 9.17) is 15.2 Å². The van der Waals surface area contributed by atoms with Gasteiger partial charge in [0.15, 0.2) is 0 Å². The Morgan fingerprint density at radius 3 is 2.36 bits per heavy atom. The van der Waals surface area contributed by atoms with Crippen LogP contribution in [0.5, 0.6) is 0 Å². The van der Waals surface area contributed by atoms with Crippen LogP contribution in [0.4, 0.5) is 4.79 Å². The van der Waals surface area contributed by atoms with Crippen molar-refractivity contribution in [2.24, 2.45) is 5.73 Å². The Kier molecular flexibility index (Phi) is 5.49. The van der Waals surface area contributed by atoms with Gasteiger partial charge >= 0.3 is 6.09 Å². The predicted molar refractivity (Wildman–Crippen MR) is 53.9 cm³/mol. The molecule has 0 saturated heterocycles. The van der Waals surface area contributed by atoms with Crippen LogP contribution in [0.15, 0.2) is 0 Å². The van der Waals surface area contributed by atoms with E-state index in [1.807, 2.05) is 20.8 Å². The van der Waals surface area contributed by atoms with Crippen LogP contribution >= 0.6 is 0 Å². The zero-order valence-corrected chi connectivity index (χ0v) is 9.37. The molecule has 0 saturated carbocycles. The molecule has 0 aromatic heterocycles. The van der Waals surface area contributed by atoms with Crippen molar-refractivity contribution < 1.29 is 14.3 Å². The van der Waals surface area contributed by atoms with Gasteiger partial charge in [-0.3, -0.25) is 4.90 Å². The van der Waals surface area contributed by atoms with Crippen molar-refractivity contribution in [3.63, 3.8) is 0 Å². The first kappa shape index (κ1) is 13.2. The van der Waals surface area contributed by atoms with Gasteiger partial charge in [0.2, 0.25) is 0 Å². The Hall–Kier alpha value is -0.810. The van der Waals surface area contributed by atoms with Crippen molar-refractivity contribution in [1.29, 1.82) is 0 Å². The van der Waals surface area contributed by atoms with Crippen LogP contribution in [0.2, 0.25) is 0 Å². The summed E-state index contributed by atoms with van der Waals surface area (Å²) in [6.07, 6.45) is -0.406. The normalized spacial score (nSPS) is 11.2. The molecule has 0 aliphatic rings. The highest BCUT2D eigenvalue weighted by Crippen LogP contribution is 2.09. The van der Waals surface area contributed by atoms with Gasteiger partial charge in [0.25, 0.3) is 0 Å². The Morgan fingerprint density at radius 2 is 2.00 bits per heavy atom. The first-order chi connectivity index (χ1) is 6.40. The summed E-state index contributed by atoms with van der Waals surface area (Å²) in [4.78, 5) is 12.9. The first-order valence-corrected chi connectivity index (χ1v) is 4.57. The number of carbonyl (C=O) groups excluding carboxylic acids is 1. The minimum atomic E-state index is -0.489. The minimum absolute atomic E-state index is 0.137. The Balaban J connectivity index is 4.04. The number of hydrogen-bond acceptors (Lipinski definition) is 4. The number of nitrogens with zero attached hydrogens (tertiary/aromatic N) is 1. The van der Waals surface area contributed by atoms with Gasteiger partial charge in [-0.25, -0.2) is 4.79 Å². The SMILES string of the molecule is COCCN(CN)C(=O)OC(C)(C)C. The van der Waals surface area contributed by atoms with Crippen LogP contribution < -0.4 is 5.73 Å². The number of methoxy groups -OCH3 is 1. The largest absolute Gasteiger partial charge is 0.444 e. The molecule has 0 heterocycles. The van der Waals surface area contributed by atoms with E-state index in [1.54, 1.807) is 7.11 Å². The molecule has 14 heavy (non-hydrogen) atoms. The Labute approximate surface area is 85.1 Å². The quantitative estimate of drug-likeness (QED) is 0.687. The molecular formula is C9H20N2O3. The lowest BCUT2D eigenvalue weighted by Gasteiger charge is -2.26. The third kappa shape index (κ3) is 5.77. The third-order valence-corrected chi connectivity index (χ3v) is 1.44. The molecule has 0 aliphatic carbocycles. The number of ether oxygens (including phenoxy) is 2. The van der Waals surface area contributed by atoms with E-state index in [1.165, 1.54) is 4.90 Å². The molecule has 0 rings (SSSR count). The summed E-state index contributed by atoms with van der Waals surface area (Å²) in [6, 6.07) is 0. The van der Waals surface area contributed by atoms with Crippen molar-refractivity contribution in [3.05, 3.63) is 0 Å². The van der Waals surface area contributed by atoms with E-state index in [2.05, 4.69) is 0 Å². The standard InChI is InChI=1S/C9H20N2O3/c1-9(2,3)14-8(12)11(7-10)5-6-13-4/h5-7,10H2,1-4H3. The lowest BCUT2D eigenvalue weighted by Crippen LogP contribution is -2.41. The zero-order valence-electron chi connectivity index (χ0n) is 9.37. The highest BCUT2D eigenvalue weighted by molar-refractivity contribution is 5.67. The summed E-state index contributed by atoms with van der Waals surface area (Å²) in [5.41, 5.74) is 4.91. The summed E-state index contributed by atoms with van der Waals surface area (Å²) >= 11 is 0. The summed E-state index contributed by atoms with van der Waals surface area (Å²) in [5, 5.41) is 0. The van der Waals surface area contributed by atoms with Gasteiger partial charge in [0, 0.05) is 13.7 Å². The lowest BCUT2D eigenvalue weighted by molar-refractivity contribution is 0.0207. The number of hydrogen-bond donors (Lipinski definition) is 1. The van der Waals surface area contributed by atoms with Crippen LogP contribution in [0.3, 0.4) is 0 Å². The second kappa shape index (κ2) is 5.82. The molecule has 1 amide bonds. The van der Waals surface area contributed by atoms with Gasteiger partial charge < -0.3 is 15.2 Å². The summed E-state index contributed by atoms with van der Waals surface area (Å²) in [6.45, 7) is 6.48. The maximum Gasteiger partial charge on any atom is 0.411 e. The van der Waals surface area contributed by atoms with E-state index >= 15 is 0 Å². The molecule has 84 valence electrons. The Bertz CT molecular complexity index is 177. The molecule has 5 nitrogen and oxygen atoms in total. The fourth-order valence-electron chi connectivity index (χ4n) is 0.785. The maximum atomic E-state index is 11.5. The van der Waals surface area contributed by atoms with Crippen molar-refractivity contribution >= 4 is 6.09 Å². The number of nitrogens with two attached hydrogens (primary N) is 1. The average Bonchev–Trinajstić information content (AvgIpc) is 2.02. The smallest absolute Gasteiger partial charge is 0.411 e.